The van der Waals surface area contributed by atoms with Gasteiger partial charge in [0.25, 0.3) is 0 Å². The van der Waals surface area contributed by atoms with E-state index in [2.05, 4.69) is 38.1 Å². The van der Waals surface area contributed by atoms with E-state index in [0.29, 0.717) is 12.3 Å². The smallest absolute Gasteiger partial charge is 0.198 e. The highest BCUT2D eigenvalue weighted by atomic mass is 16.1. The Hall–Kier alpha value is -1.11. The number of benzene rings is 1. The molecular weight excluding hydrogens is 172 g/mol. The molecular formula is C13H17O. The van der Waals surface area contributed by atoms with E-state index in [-0.39, 0.29) is 0 Å². The first-order valence-electron chi connectivity index (χ1n) is 5.18. The second-order valence-electron chi connectivity index (χ2n) is 3.85. The largest absolute Gasteiger partial charge is 0.291 e. The molecule has 0 aliphatic carbocycles. The Kier molecular flexibility index (Phi) is 4.37. The summed E-state index contributed by atoms with van der Waals surface area (Å²) in [6, 6.07) is 8.46. The SMILES string of the molecule is CC(C)c1ccccc1CCC[C]=O. The van der Waals surface area contributed by atoms with Gasteiger partial charge in [0.2, 0.25) is 0 Å². The summed E-state index contributed by atoms with van der Waals surface area (Å²) in [5.74, 6) is 0.561. The van der Waals surface area contributed by atoms with Gasteiger partial charge < -0.3 is 0 Å². The van der Waals surface area contributed by atoms with E-state index < -0.39 is 0 Å². The van der Waals surface area contributed by atoms with E-state index in [4.69, 9.17) is 0 Å². The average molecular weight is 189 g/mol. The predicted octanol–water partition coefficient (Wildman–Crippen LogP) is 3.24. The molecule has 1 radical (unpaired) electrons. The van der Waals surface area contributed by atoms with Crippen LogP contribution >= 0.6 is 0 Å². The Bertz CT molecular complexity index is 289. The maximum absolute atomic E-state index is 10.1. The zero-order valence-corrected chi connectivity index (χ0v) is 8.92. The van der Waals surface area contributed by atoms with Crippen molar-refractivity contribution in [3.63, 3.8) is 0 Å². The molecule has 0 bridgehead atoms. The van der Waals surface area contributed by atoms with Crippen LogP contribution in [0.5, 0.6) is 0 Å². The number of unbranched alkanes of at least 4 members (excludes halogenated alkanes) is 1. The third kappa shape index (κ3) is 2.99. The molecule has 0 saturated carbocycles. The lowest BCUT2D eigenvalue weighted by molar-refractivity contribution is 0.548. The third-order valence-electron chi connectivity index (χ3n) is 2.40. The lowest BCUT2D eigenvalue weighted by atomic mass is 9.94. The molecule has 1 aromatic rings. The van der Waals surface area contributed by atoms with Crippen molar-refractivity contribution in [2.45, 2.75) is 39.0 Å². The van der Waals surface area contributed by atoms with E-state index in [1.54, 1.807) is 0 Å². The van der Waals surface area contributed by atoms with Crippen LogP contribution in [0.1, 0.15) is 43.7 Å². The van der Waals surface area contributed by atoms with Crippen LogP contribution in [0.2, 0.25) is 0 Å². The van der Waals surface area contributed by atoms with Crippen molar-refractivity contribution in [2.24, 2.45) is 0 Å². The molecule has 1 rings (SSSR count). The van der Waals surface area contributed by atoms with Gasteiger partial charge in [-0.2, -0.15) is 0 Å². The zero-order chi connectivity index (χ0) is 10.4. The number of hydrogen-bond acceptors (Lipinski definition) is 1. The maximum atomic E-state index is 10.1. The molecule has 0 aliphatic rings. The topological polar surface area (TPSA) is 17.1 Å². The van der Waals surface area contributed by atoms with Crippen LogP contribution in [0.3, 0.4) is 0 Å². The highest BCUT2D eigenvalue weighted by Crippen LogP contribution is 2.20. The summed E-state index contributed by atoms with van der Waals surface area (Å²) in [7, 11) is 0. The molecule has 0 heterocycles. The van der Waals surface area contributed by atoms with Crippen molar-refractivity contribution in [3.8, 4) is 0 Å². The van der Waals surface area contributed by atoms with Gasteiger partial charge in [-0.1, -0.05) is 38.1 Å². The quantitative estimate of drug-likeness (QED) is 0.650. The highest BCUT2D eigenvalue weighted by molar-refractivity contribution is 5.50. The number of aryl methyl sites for hydroxylation is 1. The molecule has 0 unspecified atom stereocenters. The summed E-state index contributed by atoms with van der Waals surface area (Å²) in [6.45, 7) is 4.40. The van der Waals surface area contributed by atoms with Gasteiger partial charge >= 0.3 is 0 Å². The Morgan fingerprint density at radius 3 is 2.64 bits per heavy atom. The molecule has 0 atom stereocenters. The molecule has 0 amide bonds. The molecule has 75 valence electrons. The Balaban J connectivity index is 2.69. The lowest BCUT2D eigenvalue weighted by Crippen LogP contribution is -1.96. The van der Waals surface area contributed by atoms with Crippen molar-refractivity contribution >= 4 is 6.29 Å². The molecule has 0 spiro atoms. The molecule has 1 heteroatoms. The van der Waals surface area contributed by atoms with E-state index in [1.807, 2.05) is 6.29 Å². The van der Waals surface area contributed by atoms with Gasteiger partial charge in [-0.05, 0) is 29.9 Å². The maximum Gasteiger partial charge on any atom is 0.198 e. The Morgan fingerprint density at radius 2 is 2.00 bits per heavy atom. The monoisotopic (exact) mass is 189 g/mol. The van der Waals surface area contributed by atoms with Crippen molar-refractivity contribution in [1.82, 2.24) is 0 Å². The molecule has 14 heavy (non-hydrogen) atoms. The first-order chi connectivity index (χ1) is 6.75. The number of rotatable bonds is 5. The summed E-state index contributed by atoms with van der Waals surface area (Å²) in [6.07, 6.45) is 4.38. The van der Waals surface area contributed by atoms with Gasteiger partial charge in [0.05, 0.1) is 0 Å². The number of carbonyl (C=O) groups excluding carboxylic acids is 1. The highest BCUT2D eigenvalue weighted by Gasteiger charge is 2.04. The predicted molar refractivity (Wildman–Crippen MR) is 59.2 cm³/mol. The number of hydrogen-bond donors (Lipinski definition) is 0. The molecule has 0 fully saturated rings. The Labute approximate surface area is 86.1 Å². The minimum Gasteiger partial charge on any atom is -0.291 e. The standard InChI is InChI=1S/C13H17O/c1-11(2)13-9-4-3-7-12(13)8-5-6-10-14/h3-4,7,9,11H,5-6,8H2,1-2H3. The average Bonchev–Trinajstić information content (AvgIpc) is 2.19. The van der Waals surface area contributed by atoms with Gasteiger partial charge in [-0.25, -0.2) is 0 Å². The van der Waals surface area contributed by atoms with Crippen molar-refractivity contribution in [1.29, 1.82) is 0 Å². The normalized spacial score (nSPS) is 10.5. The summed E-state index contributed by atoms with van der Waals surface area (Å²) in [4.78, 5) is 10.1. The minimum atomic E-state index is 0.548. The van der Waals surface area contributed by atoms with Gasteiger partial charge in [0.1, 0.15) is 0 Å². The van der Waals surface area contributed by atoms with Gasteiger partial charge in [0.15, 0.2) is 6.29 Å². The van der Waals surface area contributed by atoms with Crippen molar-refractivity contribution < 1.29 is 4.79 Å². The summed E-state index contributed by atoms with van der Waals surface area (Å²) >= 11 is 0. The van der Waals surface area contributed by atoms with Gasteiger partial charge in [-0.3, -0.25) is 4.79 Å². The van der Waals surface area contributed by atoms with Crippen molar-refractivity contribution in [2.75, 3.05) is 0 Å². The van der Waals surface area contributed by atoms with E-state index in [0.717, 1.165) is 12.8 Å². The van der Waals surface area contributed by atoms with E-state index in [9.17, 15) is 4.79 Å². The van der Waals surface area contributed by atoms with Crippen LogP contribution < -0.4 is 0 Å². The van der Waals surface area contributed by atoms with E-state index in [1.165, 1.54) is 11.1 Å². The fourth-order valence-corrected chi connectivity index (χ4v) is 1.68. The molecule has 1 aromatic carbocycles. The van der Waals surface area contributed by atoms with E-state index >= 15 is 0 Å². The molecule has 0 aliphatic heterocycles. The Morgan fingerprint density at radius 1 is 1.29 bits per heavy atom. The first-order valence-corrected chi connectivity index (χ1v) is 5.18. The van der Waals surface area contributed by atoms with Crippen LogP contribution in [0.4, 0.5) is 0 Å². The molecule has 0 saturated heterocycles. The minimum absolute atomic E-state index is 0.548. The fourth-order valence-electron chi connectivity index (χ4n) is 1.68. The summed E-state index contributed by atoms with van der Waals surface area (Å²) < 4.78 is 0. The lowest BCUT2D eigenvalue weighted by Gasteiger charge is -2.11. The van der Waals surface area contributed by atoms with Gasteiger partial charge in [-0.15, -0.1) is 0 Å². The van der Waals surface area contributed by atoms with Gasteiger partial charge in [0, 0.05) is 6.42 Å². The molecule has 0 aromatic heterocycles. The molecule has 0 N–H and O–H groups in total. The second kappa shape index (κ2) is 5.58. The van der Waals surface area contributed by atoms with Crippen molar-refractivity contribution in [3.05, 3.63) is 35.4 Å². The third-order valence-corrected chi connectivity index (χ3v) is 2.40. The van der Waals surface area contributed by atoms with Crippen LogP contribution in [0.15, 0.2) is 24.3 Å². The van der Waals surface area contributed by atoms with Crippen LogP contribution in [0, 0.1) is 0 Å². The summed E-state index contributed by atoms with van der Waals surface area (Å²) in [5, 5.41) is 0. The molecule has 1 nitrogen and oxygen atoms in total. The second-order valence-corrected chi connectivity index (χ2v) is 3.85. The zero-order valence-electron chi connectivity index (χ0n) is 8.92. The fraction of sp³-hybridized carbons (Fsp3) is 0.462. The first kappa shape index (κ1) is 11.0. The van der Waals surface area contributed by atoms with Crippen LogP contribution in [0.25, 0.3) is 0 Å². The van der Waals surface area contributed by atoms with Crippen LogP contribution in [-0.2, 0) is 11.2 Å². The van der Waals surface area contributed by atoms with Crippen LogP contribution in [-0.4, -0.2) is 6.29 Å². The summed E-state index contributed by atoms with van der Waals surface area (Å²) in [5.41, 5.74) is 2.77.